The van der Waals surface area contributed by atoms with Gasteiger partial charge in [0.1, 0.15) is 6.20 Å². The summed E-state index contributed by atoms with van der Waals surface area (Å²) in [6.07, 6.45) is -2.42. The minimum absolute atomic E-state index is 0.283. The van der Waals surface area contributed by atoms with Gasteiger partial charge < -0.3 is 15.0 Å². The first-order valence-corrected chi connectivity index (χ1v) is 2.82. The molecular formula is C5H6F3N2O. The summed E-state index contributed by atoms with van der Waals surface area (Å²) in [5, 5.41) is 2.46. The zero-order valence-corrected chi connectivity index (χ0v) is 5.70. The molecule has 0 saturated heterocycles. The van der Waals surface area contributed by atoms with Gasteiger partial charge in [-0.3, -0.25) is 0 Å². The zero-order valence-electron chi connectivity index (χ0n) is 5.70. The van der Waals surface area contributed by atoms with E-state index in [4.69, 9.17) is 0 Å². The summed E-state index contributed by atoms with van der Waals surface area (Å²) < 4.78 is 38.2. The van der Waals surface area contributed by atoms with Gasteiger partial charge in [0.05, 0.1) is 6.67 Å². The van der Waals surface area contributed by atoms with E-state index in [1.54, 1.807) is 0 Å². The van der Waals surface area contributed by atoms with Crippen LogP contribution in [0.3, 0.4) is 0 Å². The summed E-state index contributed by atoms with van der Waals surface area (Å²) >= 11 is 0. The first-order chi connectivity index (χ1) is 4.99. The lowest BCUT2D eigenvalue weighted by Gasteiger charge is -2.15. The summed E-state index contributed by atoms with van der Waals surface area (Å²) in [6, 6.07) is 0. The SMILES string of the molecule is CN1CN[C]=C1OC(F)(F)F. The van der Waals surface area contributed by atoms with Crippen molar-refractivity contribution in [1.29, 1.82) is 0 Å². The average molecular weight is 167 g/mol. The molecule has 0 aromatic carbocycles. The Bertz CT molecular complexity index is 177. The van der Waals surface area contributed by atoms with Crippen LogP contribution in [-0.4, -0.2) is 25.0 Å². The molecule has 1 radical (unpaired) electrons. The Morgan fingerprint density at radius 3 is 2.64 bits per heavy atom. The maximum absolute atomic E-state index is 11.5. The van der Waals surface area contributed by atoms with Crippen molar-refractivity contribution in [3.63, 3.8) is 0 Å². The van der Waals surface area contributed by atoms with E-state index in [1.807, 2.05) is 0 Å². The van der Waals surface area contributed by atoms with Gasteiger partial charge in [-0.05, 0) is 0 Å². The molecule has 0 aliphatic carbocycles. The lowest BCUT2D eigenvalue weighted by atomic mass is 10.8. The molecule has 0 atom stereocenters. The van der Waals surface area contributed by atoms with Gasteiger partial charge >= 0.3 is 6.36 Å². The van der Waals surface area contributed by atoms with E-state index in [0.29, 0.717) is 0 Å². The number of rotatable bonds is 1. The molecule has 3 nitrogen and oxygen atoms in total. The zero-order chi connectivity index (χ0) is 8.48. The third-order valence-corrected chi connectivity index (χ3v) is 1.07. The van der Waals surface area contributed by atoms with Crippen molar-refractivity contribution in [2.75, 3.05) is 13.7 Å². The topological polar surface area (TPSA) is 24.5 Å². The van der Waals surface area contributed by atoms with Crippen LogP contribution in [0.15, 0.2) is 5.88 Å². The minimum Gasteiger partial charge on any atom is -0.388 e. The molecule has 0 aromatic rings. The second-order valence-electron chi connectivity index (χ2n) is 2.01. The fraction of sp³-hybridized carbons (Fsp3) is 0.600. The molecule has 63 valence electrons. The van der Waals surface area contributed by atoms with Gasteiger partial charge in [0.2, 0.25) is 5.88 Å². The van der Waals surface area contributed by atoms with Crippen LogP contribution < -0.4 is 5.32 Å². The lowest BCUT2D eigenvalue weighted by Crippen LogP contribution is -2.23. The molecule has 0 spiro atoms. The molecular weight excluding hydrogens is 161 g/mol. The Kier molecular flexibility index (Phi) is 1.84. The number of hydrogen-bond acceptors (Lipinski definition) is 3. The van der Waals surface area contributed by atoms with Crippen molar-refractivity contribution in [2.45, 2.75) is 6.36 Å². The largest absolute Gasteiger partial charge is 0.574 e. The van der Waals surface area contributed by atoms with E-state index in [-0.39, 0.29) is 12.6 Å². The van der Waals surface area contributed by atoms with Gasteiger partial charge in [-0.1, -0.05) is 0 Å². The van der Waals surface area contributed by atoms with Crippen molar-refractivity contribution in [3.8, 4) is 0 Å². The predicted molar refractivity (Wildman–Crippen MR) is 29.7 cm³/mol. The monoisotopic (exact) mass is 167 g/mol. The van der Waals surface area contributed by atoms with Crippen molar-refractivity contribution in [2.24, 2.45) is 0 Å². The van der Waals surface area contributed by atoms with Gasteiger partial charge in [-0.2, -0.15) is 0 Å². The predicted octanol–water partition coefficient (Wildman–Crippen LogP) is 0.617. The maximum atomic E-state index is 11.5. The van der Waals surface area contributed by atoms with Gasteiger partial charge in [0, 0.05) is 7.05 Å². The number of hydrogen-bond donors (Lipinski definition) is 1. The maximum Gasteiger partial charge on any atom is 0.574 e. The van der Waals surface area contributed by atoms with Crippen LogP contribution in [0.2, 0.25) is 0 Å². The van der Waals surface area contributed by atoms with E-state index < -0.39 is 6.36 Å². The lowest BCUT2D eigenvalue weighted by molar-refractivity contribution is -0.312. The molecule has 0 fully saturated rings. The Morgan fingerprint density at radius 2 is 2.27 bits per heavy atom. The highest BCUT2D eigenvalue weighted by atomic mass is 19.4. The first kappa shape index (κ1) is 8.03. The summed E-state index contributed by atoms with van der Waals surface area (Å²) in [7, 11) is 1.47. The molecule has 0 unspecified atom stereocenters. The average Bonchev–Trinajstić information content (AvgIpc) is 2.12. The number of alkyl halides is 3. The van der Waals surface area contributed by atoms with Crippen LogP contribution in [0.1, 0.15) is 0 Å². The van der Waals surface area contributed by atoms with Gasteiger partial charge in [0.15, 0.2) is 0 Å². The molecule has 1 rings (SSSR count). The molecule has 0 bridgehead atoms. The van der Waals surface area contributed by atoms with Crippen LogP contribution in [0.4, 0.5) is 13.2 Å². The second-order valence-corrected chi connectivity index (χ2v) is 2.01. The normalized spacial score (nSPS) is 17.8. The summed E-state index contributed by atoms with van der Waals surface area (Å²) in [4.78, 5) is 1.26. The van der Waals surface area contributed by atoms with Crippen LogP contribution in [0, 0.1) is 6.20 Å². The van der Waals surface area contributed by atoms with Crippen LogP contribution >= 0.6 is 0 Å². The molecule has 0 amide bonds. The van der Waals surface area contributed by atoms with E-state index in [2.05, 4.69) is 16.3 Å². The van der Waals surface area contributed by atoms with Crippen molar-refractivity contribution in [1.82, 2.24) is 10.2 Å². The Balaban J connectivity index is 2.49. The standard InChI is InChI=1S/C5H6F3N2O/c1-10-3-9-2-4(10)11-5(6,7)8/h9H,3H2,1H3. The Morgan fingerprint density at radius 1 is 1.64 bits per heavy atom. The fourth-order valence-electron chi connectivity index (χ4n) is 0.614. The summed E-state index contributed by atoms with van der Waals surface area (Å²) in [5.41, 5.74) is 0. The molecule has 6 heteroatoms. The molecule has 1 N–H and O–H groups in total. The molecule has 11 heavy (non-hydrogen) atoms. The van der Waals surface area contributed by atoms with Crippen LogP contribution in [-0.2, 0) is 4.74 Å². The Hall–Kier alpha value is -1.07. The molecule has 1 heterocycles. The highest BCUT2D eigenvalue weighted by Crippen LogP contribution is 2.22. The minimum atomic E-state index is -4.64. The van der Waals surface area contributed by atoms with Crippen LogP contribution in [0.5, 0.6) is 0 Å². The number of ether oxygens (including phenoxy) is 1. The smallest absolute Gasteiger partial charge is 0.388 e. The summed E-state index contributed by atoms with van der Waals surface area (Å²) in [5.74, 6) is -0.336. The van der Waals surface area contributed by atoms with Gasteiger partial charge in [-0.15, -0.1) is 13.2 Å². The van der Waals surface area contributed by atoms with Gasteiger partial charge in [-0.25, -0.2) is 0 Å². The molecule has 0 aromatic heterocycles. The van der Waals surface area contributed by atoms with E-state index in [1.165, 1.54) is 11.9 Å². The Labute approximate surface area is 61.4 Å². The van der Waals surface area contributed by atoms with Crippen LogP contribution in [0.25, 0.3) is 0 Å². The third kappa shape index (κ3) is 2.21. The first-order valence-electron chi connectivity index (χ1n) is 2.82. The highest BCUT2D eigenvalue weighted by Gasteiger charge is 2.34. The fourth-order valence-corrected chi connectivity index (χ4v) is 0.614. The van der Waals surface area contributed by atoms with Crippen molar-refractivity contribution in [3.05, 3.63) is 12.1 Å². The van der Waals surface area contributed by atoms with E-state index in [9.17, 15) is 13.2 Å². The second kappa shape index (κ2) is 2.52. The van der Waals surface area contributed by atoms with Crippen molar-refractivity contribution >= 4 is 0 Å². The molecule has 0 saturated carbocycles. The van der Waals surface area contributed by atoms with Crippen molar-refractivity contribution < 1.29 is 17.9 Å². The third-order valence-electron chi connectivity index (χ3n) is 1.07. The quantitative estimate of drug-likeness (QED) is 0.619. The van der Waals surface area contributed by atoms with E-state index >= 15 is 0 Å². The highest BCUT2D eigenvalue weighted by molar-refractivity contribution is 4.89. The van der Waals surface area contributed by atoms with E-state index in [0.717, 1.165) is 0 Å². The number of nitrogens with one attached hydrogen (secondary N) is 1. The number of halogens is 3. The summed E-state index contributed by atoms with van der Waals surface area (Å²) in [6.45, 7) is 0.283. The molecule has 1 aliphatic heterocycles. The number of nitrogens with zero attached hydrogens (tertiary/aromatic N) is 1. The molecule has 1 aliphatic rings. The van der Waals surface area contributed by atoms with Gasteiger partial charge in [0.25, 0.3) is 0 Å².